The van der Waals surface area contributed by atoms with Crippen LogP contribution in [-0.4, -0.2) is 44.9 Å². The number of aromatic nitrogens is 3. The van der Waals surface area contributed by atoms with Gasteiger partial charge in [-0.15, -0.1) is 28.1 Å². The molecule has 10 nitrogen and oxygen atoms in total. The van der Waals surface area contributed by atoms with Gasteiger partial charge in [0.2, 0.25) is 5.91 Å². The van der Waals surface area contributed by atoms with E-state index in [-0.39, 0.29) is 27.8 Å². The van der Waals surface area contributed by atoms with Crippen LogP contribution in [0.1, 0.15) is 51.4 Å². The molecule has 3 rings (SSSR count). The first kappa shape index (κ1) is 28.2. The lowest BCUT2D eigenvalue weighted by atomic mass is 10.1. The zero-order chi connectivity index (χ0) is 27.1. The van der Waals surface area contributed by atoms with Crippen LogP contribution in [0.2, 0.25) is 5.02 Å². The summed E-state index contributed by atoms with van der Waals surface area (Å²) in [6, 6.07) is 7.03. The number of rotatable bonds is 12. The third-order valence-corrected chi connectivity index (χ3v) is 7.39. The van der Waals surface area contributed by atoms with Crippen LogP contribution in [0.25, 0.3) is 0 Å². The normalized spacial score (nSPS) is 11.6. The molecule has 0 aliphatic rings. The third kappa shape index (κ3) is 6.90. The number of carbonyl (C=O) groups excluding carboxylic acids is 3. The number of hydrogen-bond donors (Lipinski definition) is 2. The number of primary amides is 1. The molecule has 37 heavy (non-hydrogen) atoms. The number of ether oxygens (including phenoxy) is 2. The van der Waals surface area contributed by atoms with Crippen LogP contribution in [-0.2, 0) is 16.1 Å². The Balaban J connectivity index is 1.74. The molecule has 0 aliphatic carbocycles. The van der Waals surface area contributed by atoms with E-state index < -0.39 is 23.9 Å². The number of allylic oxidation sites excluding steroid dienone is 1. The number of amides is 2. The molecule has 1 aromatic carbocycles. The molecule has 0 fully saturated rings. The Hall–Kier alpha value is -3.35. The van der Waals surface area contributed by atoms with Crippen LogP contribution in [0.3, 0.4) is 0 Å². The monoisotopic (exact) mass is 563 g/mol. The fraction of sp³-hybridized carbons (Fsp3) is 0.292. The van der Waals surface area contributed by atoms with Gasteiger partial charge >= 0.3 is 5.97 Å². The maximum Gasteiger partial charge on any atom is 0.341 e. The largest absolute Gasteiger partial charge is 0.483 e. The van der Waals surface area contributed by atoms with E-state index in [9.17, 15) is 14.4 Å². The van der Waals surface area contributed by atoms with Gasteiger partial charge in [0.15, 0.2) is 17.1 Å². The summed E-state index contributed by atoms with van der Waals surface area (Å²) in [6.45, 7) is 9.41. The SMILES string of the molecule is C=CCn1c(SCC(=O)Nc2sc(C(N)=O)c(C)c2C(=O)OCC)nnc1C(C)Oc1cccc(Cl)c1. The molecule has 196 valence electrons. The molecule has 1 unspecified atom stereocenters. The van der Waals surface area contributed by atoms with E-state index >= 15 is 0 Å². The summed E-state index contributed by atoms with van der Waals surface area (Å²) in [6.07, 6.45) is 1.23. The molecule has 3 aromatic rings. The lowest BCUT2D eigenvalue weighted by molar-refractivity contribution is -0.113. The molecule has 2 aromatic heterocycles. The van der Waals surface area contributed by atoms with Crippen molar-refractivity contribution in [1.29, 1.82) is 0 Å². The Morgan fingerprint density at radius 3 is 2.76 bits per heavy atom. The summed E-state index contributed by atoms with van der Waals surface area (Å²) in [5, 5.41) is 12.4. The molecular formula is C24H26ClN5O5S2. The molecule has 0 spiro atoms. The number of halogens is 1. The maximum absolute atomic E-state index is 12.8. The molecule has 0 bridgehead atoms. The number of anilines is 1. The summed E-state index contributed by atoms with van der Waals surface area (Å²) in [5.41, 5.74) is 5.90. The number of nitrogens with zero attached hydrogens (tertiary/aromatic N) is 3. The second-order valence-electron chi connectivity index (χ2n) is 7.64. The molecule has 0 radical (unpaired) electrons. The molecule has 1 atom stereocenters. The first-order valence-electron chi connectivity index (χ1n) is 11.1. The molecular weight excluding hydrogens is 538 g/mol. The summed E-state index contributed by atoms with van der Waals surface area (Å²) in [5.74, 6) is -0.652. The van der Waals surface area contributed by atoms with E-state index in [4.69, 9.17) is 26.8 Å². The fourth-order valence-corrected chi connectivity index (χ4v) is 5.38. The van der Waals surface area contributed by atoms with Gasteiger partial charge in [-0.05, 0) is 44.5 Å². The molecule has 0 saturated heterocycles. The first-order valence-corrected chi connectivity index (χ1v) is 13.3. The second-order valence-corrected chi connectivity index (χ2v) is 10.0. The van der Waals surface area contributed by atoms with Crippen LogP contribution in [0.15, 0.2) is 42.1 Å². The van der Waals surface area contributed by atoms with Crippen LogP contribution in [0.4, 0.5) is 5.00 Å². The number of nitrogens with two attached hydrogens (primary N) is 1. The first-order chi connectivity index (χ1) is 17.7. The average Bonchev–Trinajstić information content (AvgIpc) is 3.38. The minimum atomic E-state index is -0.693. The Morgan fingerprint density at radius 1 is 1.35 bits per heavy atom. The third-order valence-electron chi connectivity index (χ3n) is 4.97. The smallest absolute Gasteiger partial charge is 0.341 e. The number of hydrogen-bond acceptors (Lipinski definition) is 9. The van der Waals surface area contributed by atoms with Crippen LogP contribution < -0.4 is 15.8 Å². The highest BCUT2D eigenvalue weighted by molar-refractivity contribution is 7.99. The van der Waals surface area contributed by atoms with E-state index in [0.29, 0.717) is 33.9 Å². The van der Waals surface area contributed by atoms with Crippen molar-refractivity contribution in [2.75, 3.05) is 17.7 Å². The van der Waals surface area contributed by atoms with Gasteiger partial charge in [-0.1, -0.05) is 35.5 Å². The van der Waals surface area contributed by atoms with E-state index in [0.717, 1.165) is 23.1 Å². The van der Waals surface area contributed by atoms with Gasteiger partial charge in [-0.2, -0.15) is 0 Å². The highest BCUT2D eigenvalue weighted by Gasteiger charge is 2.26. The van der Waals surface area contributed by atoms with Gasteiger partial charge in [0.05, 0.1) is 22.8 Å². The van der Waals surface area contributed by atoms with Crippen molar-refractivity contribution in [2.24, 2.45) is 5.73 Å². The lowest BCUT2D eigenvalue weighted by Crippen LogP contribution is -2.17. The van der Waals surface area contributed by atoms with Gasteiger partial charge in [-0.25, -0.2) is 4.79 Å². The highest BCUT2D eigenvalue weighted by Crippen LogP contribution is 2.34. The Morgan fingerprint density at radius 2 is 2.11 bits per heavy atom. The van der Waals surface area contributed by atoms with Crippen molar-refractivity contribution in [3.63, 3.8) is 0 Å². The van der Waals surface area contributed by atoms with E-state index in [1.807, 2.05) is 6.92 Å². The van der Waals surface area contributed by atoms with Gasteiger partial charge in [-0.3, -0.25) is 14.2 Å². The van der Waals surface area contributed by atoms with Gasteiger partial charge in [0.1, 0.15) is 10.8 Å². The van der Waals surface area contributed by atoms with Crippen LogP contribution >= 0.6 is 34.7 Å². The predicted molar refractivity (Wildman–Crippen MR) is 144 cm³/mol. The fourth-order valence-electron chi connectivity index (χ4n) is 3.38. The quantitative estimate of drug-likeness (QED) is 0.185. The molecule has 2 amide bonds. The summed E-state index contributed by atoms with van der Waals surface area (Å²) >= 11 is 8.12. The Labute approximate surface area is 227 Å². The van der Waals surface area contributed by atoms with Gasteiger partial charge < -0.3 is 20.5 Å². The Bertz CT molecular complexity index is 1320. The van der Waals surface area contributed by atoms with Crippen LogP contribution in [0, 0.1) is 6.92 Å². The minimum Gasteiger partial charge on any atom is -0.483 e. The predicted octanol–water partition coefficient (Wildman–Crippen LogP) is 4.63. The van der Waals surface area contributed by atoms with Crippen molar-refractivity contribution < 1.29 is 23.9 Å². The zero-order valence-electron chi connectivity index (χ0n) is 20.4. The standard InChI is InChI=1S/C24H26ClN5O5S2/c1-5-10-30-21(14(4)35-16-9-7-8-15(25)11-16)28-29-24(30)36-12-17(31)27-22-18(23(33)34-6-2)13(3)19(37-22)20(26)32/h5,7-9,11,14H,1,6,10,12H2,2-4H3,(H2,26,32)(H,27,31). The topological polar surface area (TPSA) is 138 Å². The number of thioether (sulfide) groups is 1. The van der Waals surface area contributed by atoms with Gasteiger partial charge in [0.25, 0.3) is 5.91 Å². The van der Waals surface area contributed by atoms with E-state index in [1.54, 1.807) is 48.8 Å². The summed E-state index contributed by atoms with van der Waals surface area (Å²) in [7, 11) is 0. The van der Waals surface area contributed by atoms with E-state index in [1.165, 1.54) is 0 Å². The molecule has 13 heteroatoms. The highest BCUT2D eigenvalue weighted by atomic mass is 35.5. The van der Waals surface area contributed by atoms with Crippen molar-refractivity contribution in [2.45, 2.75) is 38.6 Å². The van der Waals surface area contributed by atoms with Crippen molar-refractivity contribution in [1.82, 2.24) is 14.8 Å². The van der Waals surface area contributed by atoms with Gasteiger partial charge in [0, 0.05) is 11.6 Å². The van der Waals surface area contributed by atoms with Crippen molar-refractivity contribution >= 4 is 57.5 Å². The van der Waals surface area contributed by atoms with E-state index in [2.05, 4.69) is 22.1 Å². The Kier molecular flexibility index (Phi) is 9.73. The zero-order valence-corrected chi connectivity index (χ0v) is 22.8. The van der Waals surface area contributed by atoms with Crippen molar-refractivity contribution in [3.05, 3.63) is 63.8 Å². The maximum atomic E-state index is 12.8. The number of benzene rings is 1. The van der Waals surface area contributed by atoms with Crippen molar-refractivity contribution in [3.8, 4) is 5.75 Å². The second kappa shape index (κ2) is 12.7. The minimum absolute atomic E-state index is 0.0378. The molecule has 3 N–H and O–H groups in total. The number of thiophene rings is 1. The average molecular weight is 564 g/mol. The van der Waals surface area contributed by atoms with Crippen LogP contribution in [0.5, 0.6) is 5.75 Å². The summed E-state index contributed by atoms with van der Waals surface area (Å²) < 4.78 is 12.8. The lowest BCUT2D eigenvalue weighted by Gasteiger charge is -2.16. The summed E-state index contributed by atoms with van der Waals surface area (Å²) in [4.78, 5) is 37.2. The molecule has 0 saturated carbocycles. The molecule has 0 aliphatic heterocycles. The number of carbonyl (C=O) groups is 3. The molecule has 2 heterocycles. The number of esters is 1. The number of nitrogens with one attached hydrogen (secondary N) is 1.